The van der Waals surface area contributed by atoms with Gasteiger partial charge in [0.1, 0.15) is 11.9 Å². The molecule has 0 saturated heterocycles. The van der Waals surface area contributed by atoms with E-state index in [9.17, 15) is 0 Å². The second-order valence-electron chi connectivity index (χ2n) is 3.27. The molecule has 0 radical (unpaired) electrons. The smallest absolute Gasteiger partial charge is 0.136 e. The Morgan fingerprint density at radius 2 is 2.14 bits per heavy atom. The Kier molecular flexibility index (Phi) is 1.50. The quantitative estimate of drug-likeness (QED) is 0.723. The first-order valence-electron chi connectivity index (χ1n) is 4.58. The molecular weight excluding hydrogens is 174 g/mol. The number of para-hydroxylation sites is 2. The average molecular weight is 183 g/mol. The predicted molar refractivity (Wildman–Crippen MR) is 56.5 cm³/mol. The van der Waals surface area contributed by atoms with E-state index in [2.05, 4.69) is 15.0 Å². The topological polar surface area (TPSA) is 41.0 Å². The number of aliphatic imine (C=N–C) groups is 1. The second-order valence-corrected chi connectivity index (χ2v) is 3.27. The fourth-order valence-corrected chi connectivity index (χ4v) is 1.62. The number of hydrogen-bond acceptors (Lipinski definition) is 2. The van der Waals surface area contributed by atoms with Gasteiger partial charge in [0.25, 0.3) is 0 Å². The van der Waals surface area contributed by atoms with E-state index >= 15 is 0 Å². The number of hydrogen-bond donors (Lipinski definition) is 1. The lowest BCUT2D eigenvalue weighted by Gasteiger charge is -1.97. The van der Waals surface area contributed by atoms with Crippen molar-refractivity contribution in [1.29, 1.82) is 0 Å². The number of H-pyrrole nitrogens is 1. The molecule has 0 bridgehead atoms. The second kappa shape index (κ2) is 2.80. The maximum atomic E-state index is 4.47. The van der Waals surface area contributed by atoms with E-state index in [0.717, 1.165) is 16.9 Å². The highest BCUT2D eigenvalue weighted by Gasteiger charge is 2.12. The van der Waals surface area contributed by atoms with Gasteiger partial charge in [-0.05, 0) is 18.2 Å². The fraction of sp³-hybridized carbons (Fsp3) is 0.0909. The van der Waals surface area contributed by atoms with E-state index in [1.807, 2.05) is 36.4 Å². The van der Waals surface area contributed by atoms with Crippen LogP contribution in [-0.4, -0.2) is 16.2 Å². The SMILES string of the molecule is C1=CC(c2nc3ccccc3[nH]2)N=C1. The van der Waals surface area contributed by atoms with Crippen LogP contribution < -0.4 is 0 Å². The highest BCUT2D eigenvalue weighted by atomic mass is 15.0. The highest BCUT2D eigenvalue weighted by molar-refractivity contribution is 5.77. The maximum Gasteiger partial charge on any atom is 0.136 e. The van der Waals surface area contributed by atoms with E-state index in [4.69, 9.17) is 0 Å². The number of benzene rings is 1. The van der Waals surface area contributed by atoms with Crippen LogP contribution in [0.1, 0.15) is 11.9 Å². The number of allylic oxidation sites excluding steroid dienone is 1. The Balaban J connectivity index is 2.14. The summed E-state index contributed by atoms with van der Waals surface area (Å²) in [6.45, 7) is 0. The van der Waals surface area contributed by atoms with Gasteiger partial charge >= 0.3 is 0 Å². The van der Waals surface area contributed by atoms with Crippen LogP contribution in [0.25, 0.3) is 11.0 Å². The minimum absolute atomic E-state index is 0.0717. The summed E-state index contributed by atoms with van der Waals surface area (Å²) in [5.74, 6) is 0.913. The molecule has 0 fully saturated rings. The summed E-state index contributed by atoms with van der Waals surface area (Å²) < 4.78 is 0. The van der Waals surface area contributed by atoms with Crippen LogP contribution in [0.5, 0.6) is 0 Å². The summed E-state index contributed by atoms with van der Waals surface area (Å²) >= 11 is 0. The van der Waals surface area contributed by atoms with Crippen molar-refractivity contribution in [2.24, 2.45) is 4.99 Å². The van der Waals surface area contributed by atoms with Gasteiger partial charge < -0.3 is 4.98 Å². The molecule has 3 nitrogen and oxygen atoms in total. The van der Waals surface area contributed by atoms with Crippen LogP contribution in [0, 0.1) is 0 Å². The molecule has 1 aromatic carbocycles. The first kappa shape index (κ1) is 7.50. The van der Waals surface area contributed by atoms with Crippen molar-refractivity contribution in [2.75, 3.05) is 0 Å². The Morgan fingerprint density at radius 3 is 2.93 bits per heavy atom. The summed E-state index contributed by atoms with van der Waals surface area (Å²) in [5, 5.41) is 0. The van der Waals surface area contributed by atoms with E-state index in [1.165, 1.54) is 0 Å². The lowest BCUT2D eigenvalue weighted by molar-refractivity contribution is 0.855. The van der Waals surface area contributed by atoms with Gasteiger partial charge in [0.05, 0.1) is 11.0 Å². The molecule has 14 heavy (non-hydrogen) atoms. The van der Waals surface area contributed by atoms with Gasteiger partial charge in [-0.3, -0.25) is 4.99 Å². The zero-order valence-corrected chi connectivity index (χ0v) is 7.51. The van der Waals surface area contributed by atoms with Crippen LogP contribution in [0.2, 0.25) is 0 Å². The fourth-order valence-electron chi connectivity index (χ4n) is 1.62. The molecule has 1 aliphatic heterocycles. The molecule has 0 amide bonds. The Hall–Kier alpha value is -1.90. The third kappa shape index (κ3) is 1.06. The zero-order valence-electron chi connectivity index (χ0n) is 7.51. The molecule has 2 heterocycles. The van der Waals surface area contributed by atoms with Gasteiger partial charge in [0.15, 0.2) is 0 Å². The van der Waals surface area contributed by atoms with Crippen molar-refractivity contribution in [2.45, 2.75) is 6.04 Å². The van der Waals surface area contributed by atoms with Gasteiger partial charge in [-0.2, -0.15) is 0 Å². The Bertz CT molecular complexity index is 477. The highest BCUT2D eigenvalue weighted by Crippen LogP contribution is 2.21. The summed E-state index contributed by atoms with van der Waals surface area (Å²) in [5.41, 5.74) is 2.07. The van der Waals surface area contributed by atoms with E-state index in [-0.39, 0.29) is 6.04 Å². The Morgan fingerprint density at radius 1 is 1.21 bits per heavy atom. The molecule has 1 unspecified atom stereocenters. The van der Waals surface area contributed by atoms with Gasteiger partial charge in [-0.25, -0.2) is 4.98 Å². The summed E-state index contributed by atoms with van der Waals surface area (Å²) in [7, 11) is 0. The van der Waals surface area contributed by atoms with E-state index in [0.29, 0.717) is 0 Å². The minimum Gasteiger partial charge on any atom is -0.340 e. The molecule has 1 N–H and O–H groups in total. The Labute approximate surface area is 81.2 Å². The standard InChI is InChI=1S/C11H9N3/c1-2-5-9-8(4-1)13-11(14-9)10-6-3-7-12-10/h1-7,10H,(H,13,14). The molecule has 3 rings (SSSR count). The number of fused-ring (bicyclic) bond motifs is 1. The summed E-state index contributed by atoms with van der Waals surface area (Å²) in [6.07, 6.45) is 5.77. The van der Waals surface area contributed by atoms with Gasteiger partial charge in [-0.15, -0.1) is 0 Å². The van der Waals surface area contributed by atoms with Crippen molar-refractivity contribution < 1.29 is 0 Å². The molecule has 2 aromatic rings. The molecule has 1 aromatic heterocycles. The van der Waals surface area contributed by atoms with Gasteiger partial charge in [-0.1, -0.05) is 18.2 Å². The monoisotopic (exact) mass is 183 g/mol. The lowest BCUT2D eigenvalue weighted by Crippen LogP contribution is -1.90. The zero-order chi connectivity index (χ0) is 9.38. The molecule has 0 saturated carbocycles. The van der Waals surface area contributed by atoms with Crippen LogP contribution in [0.4, 0.5) is 0 Å². The number of aromatic amines is 1. The van der Waals surface area contributed by atoms with E-state index < -0.39 is 0 Å². The largest absolute Gasteiger partial charge is 0.340 e. The number of nitrogens with zero attached hydrogens (tertiary/aromatic N) is 2. The number of imidazole rings is 1. The molecule has 3 heteroatoms. The summed E-state index contributed by atoms with van der Waals surface area (Å²) in [4.78, 5) is 12.0. The summed E-state index contributed by atoms with van der Waals surface area (Å²) in [6, 6.07) is 8.08. The van der Waals surface area contributed by atoms with Crippen LogP contribution >= 0.6 is 0 Å². The predicted octanol–water partition coefficient (Wildman–Crippen LogP) is 2.24. The normalized spacial score (nSPS) is 19.6. The van der Waals surface area contributed by atoms with Crippen molar-refractivity contribution >= 4 is 17.2 Å². The molecule has 0 spiro atoms. The van der Waals surface area contributed by atoms with Crippen molar-refractivity contribution in [3.63, 3.8) is 0 Å². The van der Waals surface area contributed by atoms with Gasteiger partial charge in [0.2, 0.25) is 0 Å². The third-order valence-corrected chi connectivity index (χ3v) is 2.31. The first-order chi connectivity index (χ1) is 6.93. The molecule has 1 atom stereocenters. The lowest BCUT2D eigenvalue weighted by atomic mass is 10.3. The third-order valence-electron chi connectivity index (χ3n) is 2.31. The molecular formula is C11H9N3. The van der Waals surface area contributed by atoms with Crippen molar-refractivity contribution in [1.82, 2.24) is 9.97 Å². The van der Waals surface area contributed by atoms with Crippen LogP contribution in [0.3, 0.4) is 0 Å². The van der Waals surface area contributed by atoms with Crippen LogP contribution in [0.15, 0.2) is 41.4 Å². The number of nitrogens with one attached hydrogen (secondary N) is 1. The van der Waals surface area contributed by atoms with Crippen molar-refractivity contribution in [3.8, 4) is 0 Å². The molecule has 0 aliphatic carbocycles. The molecule has 68 valence electrons. The van der Waals surface area contributed by atoms with Gasteiger partial charge in [0, 0.05) is 6.21 Å². The maximum absolute atomic E-state index is 4.47. The number of rotatable bonds is 1. The average Bonchev–Trinajstić information content (AvgIpc) is 2.86. The van der Waals surface area contributed by atoms with E-state index in [1.54, 1.807) is 6.21 Å². The van der Waals surface area contributed by atoms with Crippen molar-refractivity contribution in [3.05, 3.63) is 42.2 Å². The number of aromatic nitrogens is 2. The first-order valence-corrected chi connectivity index (χ1v) is 4.58. The minimum atomic E-state index is 0.0717. The van der Waals surface area contributed by atoms with Crippen LogP contribution in [-0.2, 0) is 0 Å². The molecule has 1 aliphatic rings.